The average Bonchev–Trinajstić information content (AvgIpc) is 2.65. The van der Waals surface area contributed by atoms with Crippen LogP contribution in [0.2, 0.25) is 0 Å². The Labute approximate surface area is 153 Å². The average molecular weight is 369 g/mol. The highest BCUT2D eigenvalue weighted by Crippen LogP contribution is 2.38. The maximum atomic E-state index is 12.9. The third-order valence-electron chi connectivity index (χ3n) is 3.88. The number of carbonyl (C=O) groups excluding carboxylic acids is 1. The van der Waals surface area contributed by atoms with E-state index in [4.69, 9.17) is 4.74 Å². The van der Waals surface area contributed by atoms with E-state index in [-0.39, 0.29) is 11.4 Å². The summed E-state index contributed by atoms with van der Waals surface area (Å²) in [7, 11) is 0. The fourth-order valence-corrected chi connectivity index (χ4v) is 2.60. The zero-order valence-corrected chi connectivity index (χ0v) is 14.0. The summed E-state index contributed by atoms with van der Waals surface area (Å²) in [6, 6.07) is 19.7. The van der Waals surface area contributed by atoms with Crippen molar-refractivity contribution in [2.24, 2.45) is 4.99 Å². The van der Waals surface area contributed by atoms with Gasteiger partial charge in [0.25, 0.3) is 0 Å². The first-order valence-electron chi connectivity index (χ1n) is 8.06. The quantitative estimate of drug-likeness (QED) is 0.405. The van der Waals surface area contributed by atoms with Crippen LogP contribution < -0.4 is 4.74 Å². The largest absolute Gasteiger partial charge is 0.455 e. The van der Waals surface area contributed by atoms with E-state index in [0.29, 0.717) is 12.2 Å². The van der Waals surface area contributed by atoms with E-state index in [1.165, 1.54) is 6.08 Å². The van der Waals surface area contributed by atoms with Crippen LogP contribution in [-0.4, -0.2) is 6.08 Å². The third kappa shape index (κ3) is 4.63. The molecule has 0 amide bonds. The van der Waals surface area contributed by atoms with Crippen LogP contribution in [0, 0.1) is 0 Å². The van der Waals surface area contributed by atoms with Crippen molar-refractivity contribution in [2.75, 3.05) is 0 Å². The molecule has 0 unspecified atom stereocenters. The van der Waals surface area contributed by atoms with Gasteiger partial charge >= 0.3 is 6.18 Å². The predicted molar refractivity (Wildman–Crippen MR) is 95.0 cm³/mol. The molecule has 0 heterocycles. The molecule has 3 nitrogen and oxygen atoms in total. The van der Waals surface area contributed by atoms with Crippen molar-refractivity contribution in [3.8, 4) is 11.5 Å². The second-order valence-corrected chi connectivity index (χ2v) is 5.76. The van der Waals surface area contributed by atoms with Gasteiger partial charge in [0, 0.05) is 6.42 Å². The lowest BCUT2D eigenvalue weighted by atomic mass is 10.0. The number of isocyanates is 1. The lowest BCUT2D eigenvalue weighted by Gasteiger charge is -2.14. The van der Waals surface area contributed by atoms with Crippen LogP contribution in [0.25, 0.3) is 0 Å². The van der Waals surface area contributed by atoms with Crippen LogP contribution in [-0.2, 0) is 17.4 Å². The van der Waals surface area contributed by atoms with Gasteiger partial charge in [-0.2, -0.15) is 18.2 Å². The van der Waals surface area contributed by atoms with E-state index in [0.717, 1.165) is 29.3 Å². The molecular formula is C21H14F3NO2. The van der Waals surface area contributed by atoms with Gasteiger partial charge in [0.05, 0.1) is 5.56 Å². The minimum Gasteiger partial charge on any atom is -0.455 e. The number of ether oxygens (including phenoxy) is 1. The topological polar surface area (TPSA) is 38.7 Å². The summed E-state index contributed by atoms with van der Waals surface area (Å²) in [5.41, 5.74) is 0.771. The van der Waals surface area contributed by atoms with Crippen molar-refractivity contribution in [1.29, 1.82) is 0 Å². The van der Waals surface area contributed by atoms with Gasteiger partial charge < -0.3 is 4.74 Å². The Balaban J connectivity index is 1.95. The SMILES string of the molecule is O=C=Nc1cc(C(F)(F)F)ccc1Oc1ccccc1Cc1ccccc1. The number of nitrogens with zero attached hydrogens (tertiary/aromatic N) is 1. The molecule has 0 aliphatic carbocycles. The van der Waals surface area contributed by atoms with Gasteiger partial charge in [-0.15, -0.1) is 0 Å². The third-order valence-corrected chi connectivity index (χ3v) is 3.88. The van der Waals surface area contributed by atoms with E-state index >= 15 is 0 Å². The molecule has 3 aromatic carbocycles. The van der Waals surface area contributed by atoms with E-state index in [1.54, 1.807) is 12.1 Å². The van der Waals surface area contributed by atoms with Crippen LogP contribution in [0.3, 0.4) is 0 Å². The van der Waals surface area contributed by atoms with Gasteiger partial charge in [0.1, 0.15) is 11.4 Å². The molecule has 6 heteroatoms. The molecule has 0 radical (unpaired) electrons. The highest BCUT2D eigenvalue weighted by Gasteiger charge is 2.31. The first kappa shape index (κ1) is 18.4. The lowest BCUT2D eigenvalue weighted by molar-refractivity contribution is -0.137. The van der Waals surface area contributed by atoms with Crippen molar-refractivity contribution in [2.45, 2.75) is 12.6 Å². The number of benzene rings is 3. The number of hydrogen-bond acceptors (Lipinski definition) is 3. The second kappa shape index (κ2) is 7.89. The predicted octanol–water partition coefficient (Wildman–Crippen LogP) is 6.06. The number of para-hydroxylation sites is 1. The molecule has 0 aromatic heterocycles. The number of alkyl halides is 3. The van der Waals surface area contributed by atoms with Gasteiger partial charge in [0.2, 0.25) is 6.08 Å². The van der Waals surface area contributed by atoms with Crippen LogP contribution in [0.15, 0.2) is 77.8 Å². The first-order valence-corrected chi connectivity index (χ1v) is 8.06. The number of halogens is 3. The summed E-state index contributed by atoms with van der Waals surface area (Å²) in [6.07, 6.45) is -2.69. The first-order chi connectivity index (χ1) is 13.0. The molecule has 0 N–H and O–H groups in total. The minimum absolute atomic E-state index is 0.0480. The van der Waals surface area contributed by atoms with Gasteiger partial charge in [0.15, 0.2) is 5.75 Å². The van der Waals surface area contributed by atoms with Crippen molar-refractivity contribution in [3.05, 3.63) is 89.5 Å². The summed E-state index contributed by atoms with van der Waals surface area (Å²) in [5.74, 6) is 0.523. The van der Waals surface area contributed by atoms with Gasteiger partial charge in [-0.25, -0.2) is 4.79 Å². The summed E-state index contributed by atoms with van der Waals surface area (Å²) in [6.45, 7) is 0. The van der Waals surface area contributed by atoms with Crippen LogP contribution in [0.1, 0.15) is 16.7 Å². The van der Waals surface area contributed by atoms with E-state index in [2.05, 4.69) is 4.99 Å². The van der Waals surface area contributed by atoms with Crippen LogP contribution >= 0.6 is 0 Å². The lowest BCUT2D eigenvalue weighted by Crippen LogP contribution is -2.04. The Bertz CT molecular complexity index is 978. The molecule has 3 aromatic rings. The smallest absolute Gasteiger partial charge is 0.416 e. The summed E-state index contributed by atoms with van der Waals surface area (Å²) >= 11 is 0. The molecule has 0 aliphatic rings. The van der Waals surface area contributed by atoms with Gasteiger partial charge in [-0.05, 0) is 35.4 Å². The molecule has 0 bridgehead atoms. The number of hydrogen-bond donors (Lipinski definition) is 0. The molecule has 27 heavy (non-hydrogen) atoms. The van der Waals surface area contributed by atoms with E-state index < -0.39 is 11.7 Å². The fraction of sp³-hybridized carbons (Fsp3) is 0.0952. The molecule has 0 saturated heterocycles. The normalized spacial score (nSPS) is 10.9. The Morgan fingerprint density at radius 1 is 0.889 bits per heavy atom. The Hall–Kier alpha value is -3.37. The maximum Gasteiger partial charge on any atom is 0.416 e. The highest BCUT2D eigenvalue weighted by molar-refractivity contribution is 5.60. The molecule has 0 atom stereocenters. The van der Waals surface area contributed by atoms with Crippen LogP contribution in [0.4, 0.5) is 18.9 Å². The molecule has 136 valence electrons. The zero-order valence-electron chi connectivity index (χ0n) is 14.0. The molecule has 0 aliphatic heterocycles. The molecule has 3 rings (SSSR count). The maximum absolute atomic E-state index is 12.9. The number of rotatable bonds is 5. The second-order valence-electron chi connectivity index (χ2n) is 5.76. The fourth-order valence-electron chi connectivity index (χ4n) is 2.60. The van der Waals surface area contributed by atoms with Gasteiger partial charge in [-0.1, -0.05) is 48.5 Å². The summed E-state index contributed by atoms with van der Waals surface area (Å²) in [5, 5.41) is 0. The summed E-state index contributed by atoms with van der Waals surface area (Å²) in [4.78, 5) is 14.0. The highest BCUT2D eigenvalue weighted by atomic mass is 19.4. The number of aliphatic imine (C=N–C) groups is 1. The molecule has 0 saturated carbocycles. The monoisotopic (exact) mass is 369 g/mol. The van der Waals surface area contributed by atoms with Crippen molar-refractivity contribution < 1.29 is 22.7 Å². The standard InChI is InChI=1S/C21H14F3NO2/c22-21(23,24)17-10-11-20(18(13-17)25-14-26)27-19-9-5-4-8-16(19)12-15-6-2-1-3-7-15/h1-11,13H,12H2. The Morgan fingerprint density at radius 2 is 1.59 bits per heavy atom. The van der Waals surface area contributed by atoms with Crippen molar-refractivity contribution >= 4 is 11.8 Å². The Morgan fingerprint density at radius 3 is 2.30 bits per heavy atom. The minimum atomic E-state index is -4.54. The zero-order chi connectivity index (χ0) is 19.3. The van der Waals surface area contributed by atoms with Crippen molar-refractivity contribution in [3.63, 3.8) is 0 Å². The molecular weight excluding hydrogens is 355 g/mol. The Kier molecular flexibility index (Phi) is 5.38. The van der Waals surface area contributed by atoms with E-state index in [9.17, 15) is 18.0 Å². The van der Waals surface area contributed by atoms with Crippen LogP contribution in [0.5, 0.6) is 11.5 Å². The molecule has 0 fully saturated rings. The van der Waals surface area contributed by atoms with Crippen molar-refractivity contribution in [1.82, 2.24) is 0 Å². The molecule has 0 spiro atoms. The summed E-state index contributed by atoms with van der Waals surface area (Å²) < 4.78 is 44.5. The van der Waals surface area contributed by atoms with E-state index in [1.807, 2.05) is 42.5 Å². The van der Waals surface area contributed by atoms with Gasteiger partial charge in [-0.3, -0.25) is 0 Å².